The number of nitrogens with one attached hydrogen (secondary N) is 1. The normalized spacial score (nSPS) is 45.0. The lowest BCUT2D eigenvalue weighted by atomic mass is 9.75. The van der Waals surface area contributed by atoms with Crippen LogP contribution in [0.2, 0.25) is 0 Å². The molecule has 11 heavy (non-hydrogen) atoms. The van der Waals surface area contributed by atoms with Gasteiger partial charge in [0.2, 0.25) is 0 Å². The SMILES string of the molecule is O[C@@]12CCCC[C@@H]1NCCC2. The number of hydrogen-bond acceptors (Lipinski definition) is 2. The van der Waals surface area contributed by atoms with E-state index in [0.29, 0.717) is 6.04 Å². The van der Waals surface area contributed by atoms with E-state index in [9.17, 15) is 5.11 Å². The summed E-state index contributed by atoms with van der Waals surface area (Å²) in [6.45, 7) is 1.10. The molecule has 0 radical (unpaired) electrons. The second-order valence-corrected chi connectivity index (χ2v) is 3.96. The summed E-state index contributed by atoms with van der Waals surface area (Å²) in [6, 6.07) is 0.407. The van der Waals surface area contributed by atoms with Crippen molar-refractivity contribution < 1.29 is 5.11 Å². The van der Waals surface area contributed by atoms with Crippen LogP contribution >= 0.6 is 0 Å². The Bertz CT molecular complexity index is 134. The van der Waals surface area contributed by atoms with Crippen molar-refractivity contribution in [1.82, 2.24) is 5.32 Å². The summed E-state index contributed by atoms with van der Waals surface area (Å²) >= 11 is 0. The molecule has 1 aliphatic heterocycles. The van der Waals surface area contributed by atoms with E-state index in [2.05, 4.69) is 5.32 Å². The molecule has 2 heteroatoms. The predicted molar refractivity (Wildman–Crippen MR) is 44.4 cm³/mol. The van der Waals surface area contributed by atoms with Crippen molar-refractivity contribution in [3.63, 3.8) is 0 Å². The van der Waals surface area contributed by atoms with Crippen molar-refractivity contribution in [1.29, 1.82) is 0 Å². The number of rotatable bonds is 0. The van der Waals surface area contributed by atoms with Crippen molar-refractivity contribution in [2.24, 2.45) is 0 Å². The van der Waals surface area contributed by atoms with E-state index in [1.54, 1.807) is 0 Å². The van der Waals surface area contributed by atoms with E-state index in [0.717, 1.165) is 25.8 Å². The first kappa shape index (κ1) is 7.56. The van der Waals surface area contributed by atoms with Crippen LogP contribution in [-0.2, 0) is 0 Å². The van der Waals surface area contributed by atoms with Crippen LogP contribution in [-0.4, -0.2) is 23.3 Å². The lowest BCUT2D eigenvalue weighted by Gasteiger charge is -2.44. The van der Waals surface area contributed by atoms with Gasteiger partial charge in [0.1, 0.15) is 0 Å². The van der Waals surface area contributed by atoms with E-state index in [1.165, 1.54) is 19.3 Å². The Labute approximate surface area is 68.0 Å². The van der Waals surface area contributed by atoms with Crippen LogP contribution in [0.25, 0.3) is 0 Å². The quantitative estimate of drug-likeness (QED) is 0.548. The highest BCUT2D eigenvalue weighted by Gasteiger charge is 2.39. The van der Waals surface area contributed by atoms with Gasteiger partial charge in [-0.3, -0.25) is 0 Å². The lowest BCUT2D eigenvalue weighted by molar-refractivity contribution is -0.0490. The molecule has 2 fully saturated rings. The molecule has 0 spiro atoms. The molecule has 1 aliphatic carbocycles. The first-order valence-electron chi connectivity index (χ1n) is 4.77. The molecule has 2 rings (SSSR count). The summed E-state index contributed by atoms with van der Waals surface area (Å²) in [7, 11) is 0. The van der Waals surface area contributed by atoms with Gasteiger partial charge in [0.05, 0.1) is 5.60 Å². The first-order chi connectivity index (χ1) is 5.31. The highest BCUT2D eigenvalue weighted by molar-refractivity contribution is 4.97. The number of fused-ring (bicyclic) bond motifs is 1. The van der Waals surface area contributed by atoms with Crippen LogP contribution in [0.4, 0.5) is 0 Å². The fourth-order valence-corrected chi connectivity index (χ4v) is 2.48. The van der Waals surface area contributed by atoms with E-state index in [4.69, 9.17) is 0 Å². The zero-order valence-electron chi connectivity index (χ0n) is 6.97. The van der Waals surface area contributed by atoms with Gasteiger partial charge >= 0.3 is 0 Å². The summed E-state index contributed by atoms with van der Waals surface area (Å²) in [4.78, 5) is 0. The third kappa shape index (κ3) is 1.30. The second-order valence-electron chi connectivity index (χ2n) is 3.96. The molecule has 0 aromatic carbocycles. The third-order valence-electron chi connectivity index (χ3n) is 3.18. The highest BCUT2D eigenvalue weighted by Crippen LogP contribution is 2.34. The highest BCUT2D eigenvalue weighted by atomic mass is 16.3. The average molecular weight is 155 g/mol. The van der Waals surface area contributed by atoms with Gasteiger partial charge in [-0.1, -0.05) is 12.8 Å². The molecule has 0 bridgehead atoms. The Kier molecular flexibility index (Phi) is 1.90. The molecule has 0 aromatic heterocycles. The molecule has 1 saturated heterocycles. The van der Waals surface area contributed by atoms with Crippen LogP contribution in [0.15, 0.2) is 0 Å². The van der Waals surface area contributed by atoms with Crippen LogP contribution in [0, 0.1) is 0 Å². The molecule has 2 nitrogen and oxygen atoms in total. The molecular formula is C9H17NO. The minimum Gasteiger partial charge on any atom is -0.388 e. The average Bonchev–Trinajstić information content (AvgIpc) is 2.03. The van der Waals surface area contributed by atoms with Crippen LogP contribution in [0.5, 0.6) is 0 Å². The summed E-state index contributed by atoms with van der Waals surface area (Å²) in [5, 5.41) is 13.5. The Morgan fingerprint density at radius 1 is 1.18 bits per heavy atom. The number of aliphatic hydroxyl groups is 1. The van der Waals surface area contributed by atoms with Gasteiger partial charge in [0.25, 0.3) is 0 Å². The van der Waals surface area contributed by atoms with Gasteiger partial charge in [0.15, 0.2) is 0 Å². The first-order valence-corrected chi connectivity index (χ1v) is 4.77. The molecular weight excluding hydrogens is 138 g/mol. The fourth-order valence-electron chi connectivity index (χ4n) is 2.48. The predicted octanol–water partition coefficient (Wildman–Crippen LogP) is 1.04. The molecule has 64 valence electrons. The maximum atomic E-state index is 10.1. The summed E-state index contributed by atoms with van der Waals surface area (Å²) in [5.74, 6) is 0. The Morgan fingerprint density at radius 3 is 2.82 bits per heavy atom. The molecule has 2 aliphatic rings. The van der Waals surface area contributed by atoms with Gasteiger partial charge < -0.3 is 10.4 Å². The zero-order valence-corrected chi connectivity index (χ0v) is 6.97. The van der Waals surface area contributed by atoms with Crippen molar-refractivity contribution in [2.75, 3.05) is 6.54 Å². The summed E-state index contributed by atoms with van der Waals surface area (Å²) in [6.07, 6.45) is 6.87. The topological polar surface area (TPSA) is 32.3 Å². The zero-order chi connectivity index (χ0) is 7.73. The maximum absolute atomic E-state index is 10.1. The molecule has 1 heterocycles. The van der Waals surface area contributed by atoms with Crippen molar-refractivity contribution in [3.8, 4) is 0 Å². The van der Waals surface area contributed by atoms with Gasteiger partial charge in [-0.15, -0.1) is 0 Å². The van der Waals surface area contributed by atoms with Crippen molar-refractivity contribution >= 4 is 0 Å². The van der Waals surface area contributed by atoms with Crippen molar-refractivity contribution in [3.05, 3.63) is 0 Å². The third-order valence-corrected chi connectivity index (χ3v) is 3.18. The van der Waals surface area contributed by atoms with Gasteiger partial charge in [-0.05, 0) is 32.2 Å². The van der Waals surface area contributed by atoms with Crippen LogP contribution in [0.3, 0.4) is 0 Å². The second kappa shape index (κ2) is 2.76. The molecule has 0 amide bonds. The summed E-state index contributed by atoms with van der Waals surface area (Å²) in [5.41, 5.74) is -0.337. The minimum atomic E-state index is -0.337. The Balaban J connectivity index is 2.06. The minimum absolute atomic E-state index is 0.337. The Hall–Kier alpha value is -0.0800. The lowest BCUT2D eigenvalue weighted by Crippen LogP contribution is -2.56. The largest absolute Gasteiger partial charge is 0.388 e. The van der Waals surface area contributed by atoms with Crippen LogP contribution in [0.1, 0.15) is 38.5 Å². The smallest absolute Gasteiger partial charge is 0.0800 e. The van der Waals surface area contributed by atoms with E-state index >= 15 is 0 Å². The fraction of sp³-hybridized carbons (Fsp3) is 1.00. The molecule has 2 N–H and O–H groups in total. The molecule has 1 saturated carbocycles. The van der Waals surface area contributed by atoms with Gasteiger partial charge in [0, 0.05) is 6.04 Å². The van der Waals surface area contributed by atoms with E-state index in [1.807, 2.05) is 0 Å². The van der Waals surface area contributed by atoms with Crippen molar-refractivity contribution in [2.45, 2.75) is 50.2 Å². The van der Waals surface area contributed by atoms with Gasteiger partial charge in [-0.2, -0.15) is 0 Å². The molecule has 0 unspecified atom stereocenters. The summed E-state index contributed by atoms with van der Waals surface area (Å²) < 4.78 is 0. The van der Waals surface area contributed by atoms with Gasteiger partial charge in [-0.25, -0.2) is 0 Å². The Morgan fingerprint density at radius 2 is 2.00 bits per heavy atom. The number of piperidine rings is 1. The van der Waals surface area contributed by atoms with E-state index in [-0.39, 0.29) is 5.60 Å². The maximum Gasteiger partial charge on any atom is 0.0800 e. The molecule has 2 atom stereocenters. The standard InChI is InChI=1S/C9H17NO/c11-9-5-2-1-4-8(9)10-7-3-6-9/h8,10-11H,1-7H2/t8-,9+/m0/s1. The monoisotopic (exact) mass is 155 g/mol. The van der Waals surface area contributed by atoms with E-state index < -0.39 is 0 Å². The van der Waals surface area contributed by atoms with Crippen LogP contribution < -0.4 is 5.32 Å². The molecule has 0 aromatic rings. The number of hydrogen-bond donors (Lipinski definition) is 2.